The Kier molecular flexibility index (Phi) is 5.79. The Bertz CT molecular complexity index is 1180. The third-order valence-electron chi connectivity index (χ3n) is 6.28. The molecule has 1 aromatic heterocycles. The number of aryl methyl sites for hydroxylation is 1. The number of piperidine rings is 2. The first kappa shape index (κ1) is 23.0. The molecule has 3 heterocycles. The summed E-state index contributed by atoms with van der Waals surface area (Å²) in [6.45, 7) is 6.36. The van der Waals surface area contributed by atoms with E-state index >= 15 is 0 Å². The molecule has 1 aromatic carbocycles. The van der Waals surface area contributed by atoms with Crippen molar-refractivity contribution in [2.45, 2.75) is 64.0 Å². The van der Waals surface area contributed by atoms with Crippen LogP contribution < -0.4 is 11.0 Å². The SMILES string of the molecule is Cn1c(=O)n(C2CCC(=O)NC2=O)c2cc(F)cc(C3CCN(C(=O)OC(C)(C)C)CC3)c21. The van der Waals surface area contributed by atoms with Gasteiger partial charge in [0.1, 0.15) is 17.5 Å². The molecule has 2 saturated heterocycles. The minimum atomic E-state index is -0.873. The molecule has 0 saturated carbocycles. The maximum absolute atomic E-state index is 14.7. The molecule has 2 aliphatic heterocycles. The number of hydrogen-bond acceptors (Lipinski definition) is 5. The van der Waals surface area contributed by atoms with E-state index in [2.05, 4.69) is 5.32 Å². The molecule has 2 fully saturated rings. The van der Waals surface area contributed by atoms with E-state index in [1.807, 2.05) is 20.8 Å². The lowest BCUT2D eigenvalue weighted by Gasteiger charge is -2.33. The van der Waals surface area contributed by atoms with Gasteiger partial charge in [0.15, 0.2) is 0 Å². The van der Waals surface area contributed by atoms with E-state index in [0.717, 1.165) is 0 Å². The zero-order valence-corrected chi connectivity index (χ0v) is 19.3. The molecule has 10 heteroatoms. The summed E-state index contributed by atoms with van der Waals surface area (Å²) >= 11 is 0. The van der Waals surface area contributed by atoms with E-state index in [0.29, 0.717) is 42.5 Å². The van der Waals surface area contributed by atoms with E-state index in [1.54, 1.807) is 11.9 Å². The van der Waals surface area contributed by atoms with Gasteiger partial charge in [-0.2, -0.15) is 0 Å². The van der Waals surface area contributed by atoms with Crippen molar-refractivity contribution in [1.29, 1.82) is 0 Å². The fraction of sp³-hybridized carbons (Fsp3) is 0.565. The van der Waals surface area contributed by atoms with Crippen LogP contribution in [-0.4, -0.2) is 50.6 Å². The summed E-state index contributed by atoms with van der Waals surface area (Å²) in [5.74, 6) is -1.51. The number of carbonyl (C=O) groups is 3. The van der Waals surface area contributed by atoms with Gasteiger partial charge in [0.2, 0.25) is 11.8 Å². The van der Waals surface area contributed by atoms with Gasteiger partial charge in [-0.05, 0) is 63.6 Å². The number of nitrogens with one attached hydrogen (secondary N) is 1. The van der Waals surface area contributed by atoms with Crippen LogP contribution in [0.3, 0.4) is 0 Å². The summed E-state index contributed by atoms with van der Waals surface area (Å²) in [7, 11) is 1.60. The molecule has 1 N–H and O–H groups in total. The number of nitrogens with zero attached hydrogens (tertiary/aromatic N) is 3. The standard InChI is InChI=1S/C23H29FN4O5/c1-23(2,3)33-22(32)27-9-7-13(8-10-27)15-11-14(24)12-17-19(15)26(4)21(31)28(17)16-5-6-18(29)25-20(16)30/h11-13,16H,5-10H2,1-4H3,(H,25,29,30). The first-order valence-electron chi connectivity index (χ1n) is 11.2. The molecule has 2 aliphatic rings. The van der Waals surface area contributed by atoms with E-state index < -0.39 is 29.1 Å². The Morgan fingerprint density at radius 1 is 1.12 bits per heavy atom. The number of fused-ring (bicyclic) bond motifs is 1. The van der Waals surface area contributed by atoms with Crippen LogP contribution in [0.15, 0.2) is 16.9 Å². The number of carbonyl (C=O) groups excluding carboxylic acids is 3. The second-order valence-corrected chi connectivity index (χ2v) is 9.78. The number of halogens is 1. The quantitative estimate of drug-likeness (QED) is 0.694. The molecule has 1 atom stereocenters. The van der Waals surface area contributed by atoms with E-state index in [-0.39, 0.29) is 30.8 Å². The number of likely N-dealkylation sites (tertiary alicyclic amines) is 1. The Morgan fingerprint density at radius 3 is 2.39 bits per heavy atom. The number of aromatic nitrogens is 2. The van der Waals surface area contributed by atoms with Gasteiger partial charge >= 0.3 is 11.8 Å². The number of rotatable bonds is 2. The van der Waals surface area contributed by atoms with Gasteiger partial charge in [-0.3, -0.25) is 24.0 Å². The number of imide groups is 1. The number of hydrogen-bond donors (Lipinski definition) is 1. The highest BCUT2D eigenvalue weighted by Crippen LogP contribution is 2.35. The summed E-state index contributed by atoms with van der Waals surface area (Å²) < 4.78 is 22.9. The normalized spacial score (nSPS) is 20.3. The fourth-order valence-corrected chi connectivity index (χ4v) is 4.76. The van der Waals surface area contributed by atoms with Gasteiger partial charge in [0, 0.05) is 26.6 Å². The maximum atomic E-state index is 14.7. The lowest BCUT2D eigenvalue weighted by Crippen LogP contribution is -2.44. The molecule has 1 unspecified atom stereocenters. The molecule has 0 spiro atoms. The number of ether oxygens (including phenoxy) is 1. The van der Waals surface area contributed by atoms with Gasteiger partial charge in [-0.15, -0.1) is 0 Å². The molecule has 0 bridgehead atoms. The van der Waals surface area contributed by atoms with Gasteiger partial charge < -0.3 is 9.64 Å². The van der Waals surface area contributed by atoms with Crippen LogP contribution >= 0.6 is 0 Å². The van der Waals surface area contributed by atoms with E-state index in [1.165, 1.54) is 21.3 Å². The highest BCUT2D eigenvalue weighted by Gasteiger charge is 2.34. The predicted molar refractivity (Wildman–Crippen MR) is 118 cm³/mol. The van der Waals surface area contributed by atoms with Crippen molar-refractivity contribution in [3.8, 4) is 0 Å². The molecule has 33 heavy (non-hydrogen) atoms. The highest BCUT2D eigenvalue weighted by molar-refractivity contribution is 6.00. The molecule has 4 rings (SSSR count). The third-order valence-corrected chi connectivity index (χ3v) is 6.28. The molecule has 3 amide bonds. The van der Waals surface area contributed by atoms with Crippen LogP contribution in [0.5, 0.6) is 0 Å². The van der Waals surface area contributed by atoms with Gasteiger partial charge in [-0.1, -0.05) is 0 Å². The monoisotopic (exact) mass is 460 g/mol. The number of imidazole rings is 1. The van der Waals surface area contributed by atoms with Crippen LogP contribution in [-0.2, 0) is 21.4 Å². The number of benzene rings is 1. The summed E-state index contributed by atoms with van der Waals surface area (Å²) in [4.78, 5) is 51.1. The summed E-state index contributed by atoms with van der Waals surface area (Å²) in [6.07, 6.45) is 1.11. The van der Waals surface area contributed by atoms with Crippen LogP contribution in [0.25, 0.3) is 11.0 Å². The first-order chi connectivity index (χ1) is 15.5. The van der Waals surface area contributed by atoms with Crippen LogP contribution in [0, 0.1) is 5.82 Å². The lowest BCUT2D eigenvalue weighted by molar-refractivity contribution is -0.135. The average Bonchev–Trinajstić information content (AvgIpc) is 2.97. The minimum Gasteiger partial charge on any atom is -0.444 e. The van der Waals surface area contributed by atoms with Crippen molar-refractivity contribution in [2.24, 2.45) is 7.05 Å². The minimum absolute atomic E-state index is 0.0647. The summed E-state index contributed by atoms with van der Waals surface area (Å²) in [6, 6.07) is 1.83. The molecule has 9 nitrogen and oxygen atoms in total. The molecule has 178 valence electrons. The highest BCUT2D eigenvalue weighted by atomic mass is 19.1. The topological polar surface area (TPSA) is 103 Å². The van der Waals surface area contributed by atoms with Crippen molar-refractivity contribution in [1.82, 2.24) is 19.4 Å². The van der Waals surface area contributed by atoms with Crippen molar-refractivity contribution in [2.75, 3.05) is 13.1 Å². The van der Waals surface area contributed by atoms with Crippen LogP contribution in [0.4, 0.5) is 9.18 Å². The molecule has 0 radical (unpaired) electrons. The van der Waals surface area contributed by atoms with Crippen molar-refractivity contribution < 1.29 is 23.5 Å². The maximum Gasteiger partial charge on any atom is 0.410 e. The predicted octanol–water partition coefficient (Wildman–Crippen LogP) is 2.57. The Balaban J connectivity index is 1.66. The zero-order chi connectivity index (χ0) is 24.1. The van der Waals surface area contributed by atoms with Crippen molar-refractivity contribution in [3.63, 3.8) is 0 Å². The van der Waals surface area contributed by atoms with Crippen LogP contribution in [0.2, 0.25) is 0 Å². The second kappa shape index (κ2) is 8.31. The zero-order valence-electron chi connectivity index (χ0n) is 19.3. The third kappa shape index (κ3) is 4.38. The largest absolute Gasteiger partial charge is 0.444 e. The van der Waals surface area contributed by atoms with E-state index in [9.17, 15) is 23.6 Å². The van der Waals surface area contributed by atoms with Crippen LogP contribution in [0.1, 0.15) is 64.0 Å². The van der Waals surface area contributed by atoms with Gasteiger partial charge in [0.25, 0.3) is 0 Å². The average molecular weight is 461 g/mol. The van der Waals surface area contributed by atoms with E-state index in [4.69, 9.17) is 4.74 Å². The summed E-state index contributed by atoms with van der Waals surface area (Å²) in [5, 5.41) is 2.26. The van der Waals surface area contributed by atoms with Crippen molar-refractivity contribution >= 4 is 28.9 Å². The molecule has 2 aromatic rings. The van der Waals surface area contributed by atoms with Gasteiger partial charge in [-0.25, -0.2) is 14.0 Å². The number of amides is 3. The Morgan fingerprint density at radius 2 is 1.79 bits per heavy atom. The fourth-order valence-electron chi connectivity index (χ4n) is 4.76. The molecule has 0 aliphatic carbocycles. The first-order valence-corrected chi connectivity index (χ1v) is 11.2. The Hall–Kier alpha value is -3.17. The van der Waals surface area contributed by atoms with Gasteiger partial charge in [0.05, 0.1) is 11.0 Å². The summed E-state index contributed by atoms with van der Waals surface area (Å²) in [5.41, 5.74) is 0.570. The second-order valence-electron chi connectivity index (χ2n) is 9.78. The lowest BCUT2D eigenvalue weighted by atomic mass is 9.88. The van der Waals surface area contributed by atoms with Crippen molar-refractivity contribution in [3.05, 3.63) is 34.0 Å². The smallest absolute Gasteiger partial charge is 0.410 e. The molecular weight excluding hydrogens is 431 g/mol. The molecular formula is C23H29FN4O5. The Labute approximate surface area is 190 Å².